The van der Waals surface area contributed by atoms with Gasteiger partial charge in [0.15, 0.2) is 0 Å². The third-order valence-electron chi connectivity index (χ3n) is 3.26. The molecular formula is C17H32OSi2. The molecule has 0 saturated heterocycles. The van der Waals surface area contributed by atoms with Crippen LogP contribution >= 0.6 is 0 Å². The molecule has 0 saturated carbocycles. The fourth-order valence-electron chi connectivity index (χ4n) is 2.30. The molecule has 0 aliphatic carbocycles. The van der Waals surface area contributed by atoms with Crippen LogP contribution in [0.15, 0.2) is 12.1 Å². The van der Waals surface area contributed by atoms with Gasteiger partial charge in [-0.3, -0.25) is 0 Å². The minimum Gasteiger partial charge on any atom is -0.544 e. The van der Waals surface area contributed by atoms with Crippen molar-refractivity contribution in [1.29, 1.82) is 0 Å². The van der Waals surface area contributed by atoms with E-state index in [2.05, 4.69) is 73.3 Å². The van der Waals surface area contributed by atoms with Gasteiger partial charge < -0.3 is 4.43 Å². The van der Waals surface area contributed by atoms with Gasteiger partial charge in [-0.25, -0.2) is 0 Å². The van der Waals surface area contributed by atoms with Gasteiger partial charge in [0.25, 0.3) is 0 Å². The maximum atomic E-state index is 6.53. The van der Waals surface area contributed by atoms with E-state index in [9.17, 15) is 0 Å². The minimum atomic E-state index is -1.62. The van der Waals surface area contributed by atoms with Crippen LogP contribution in [-0.4, -0.2) is 18.6 Å². The molecule has 1 rings (SSSR count). The maximum absolute atomic E-state index is 6.53. The normalized spacial score (nSPS) is 13.7. The zero-order valence-corrected chi connectivity index (χ0v) is 18.1. The molecule has 1 aromatic carbocycles. The standard InChI is InChI=1S/C17H32OSi2/c1-16(2,3)13-10-12(19)11-14(17(4,5)6)15(13)18-20(7,8)9/h10-11H,1-9,19H3. The van der Waals surface area contributed by atoms with Crippen molar-refractivity contribution in [2.45, 2.75) is 72.0 Å². The Labute approximate surface area is 129 Å². The Morgan fingerprint density at radius 2 is 1.20 bits per heavy atom. The molecule has 1 nitrogen and oxygen atoms in total. The molecule has 0 fully saturated rings. The lowest BCUT2D eigenvalue weighted by molar-refractivity contribution is 0.478. The molecule has 0 atom stereocenters. The molecule has 0 aromatic heterocycles. The van der Waals surface area contributed by atoms with Crippen LogP contribution in [-0.2, 0) is 10.8 Å². The van der Waals surface area contributed by atoms with E-state index in [1.165, 1.54) is 16.3 Å². The summed E-state index contributed by atoms with van der Waals surface area (Å²) in [6.07, 6.45) is 0. The molecule has 1 aromatic rings. The molecule has 114 valence electrons. The van der Waals surface area contributed by atoms with Crippen LogP contribution in [0.5, 0.6) is 5.75 Å². The molecule has 3 heteroatoms. The number of hydrogen-bond donors (Lipinski definition) is 0. The molecule has 0 spiro atoms. The van der Waals surface area contributed by atoms with E-state index in [0.717, 1.165) is 16.0 Å². The van der Waals surface area contributed by atoms with Crippen LogP contribution in [0.1, 0.15) is 52.7 Å². The smallest absolute Gasteiger partial charge is 0.242 e. The van der Waals surface area contributed by atoms with Gasteiger partial charge in [-0.2, -0.15) is 0 Å². The van der Waals surface area contributed by atoms with Gasteiger partial charge >= 0.3 is 0 Å². The molecule has 0 aliphatic heterocycles. The van der Waals surface area contributed by atoms with Gasteiger partial charge in [0, 0.05) is 10.2 Å². The van der Waals surface area contributed by atoms with Gasteiger partial charge in [0.2, 0.25) is 8.32 Å². The number of rotatable bonds is 2. The first-order valence-corrected chi connectivity index (χ1v) is 12.0. The van der Waals surface area contributed by atoms with Gasteiger partial charge in [-0.1, -0.05) is 58.9 Å². The van der Waals surface area contributed by atoms with Crippen LogP contribution in [0.4, 0.5) is 0 Å². The SMILES string of the molecule is CC(C)(C)c1cc([SiH3])cc(C(C)(C)C)c1O[Si](C)(C)C. The average Bonchev–Trinajstić information content (AvgIpc) is 2.14. The second-order valence-corrected chi connectivity index (χ2v) is 14.5. The third-order valence-corrected chi connectivity index (χ3v) is 4.65. The summed E-state index contributed by atoms with van der Waals surface area (Å²) >= 11 is 0. The zero-order chi connectivity index (χ0) is 15.9. The highest BCUT2D eigenvalue weighted by Crippen LogP contribution is 2.40. The Balaban J connectivity index is 3.63. The number of benzene rings is 1. The molecule has 0 N–H and O–H groups in total. The van der Waals surface area contributed by atoms with E-state index in [0.29, 0.717) is 0 Å². The highest BCUT2D eigenvalue weighted by Gasteiger charge is 2.30. The summed E-state index contributed by atoms with van der Waals surface area (Å²) < 4.78 is 6.53. The lowest BCUT2D eigenvalue weighted by atomic mass is 9.79. The predicted molar refractivity (Wildman–Crippen MR) is 97.4 cm³/mol. The summed E-state index contributed by atoms with van der Waals surface area (Å²) in [5.41, 5.74) is 2.99. The van der Waals surface area contributed by atoms with Crippen molar-refractivity contribution in [3.63, 3.8) is 0 Å². The second-order valence-electron chi connectivity index (χ2n) is 8.90. The molecule has 0 amide bonds. The third kappa shape index (κ3) is 4.49. The summed E-state index contributed by atoms with van der Waals surface area (Å²) in [5, 5.41) is 1.46. The van der Waals surface area contributed by atoms with Crippen molar-refractivity contribution >= 4 is 23.7 Å². The van der Waals surface area contributed by atoms with Gasteiger partial charge in [-0.15, -0.1) is 0 Å². The van der Waals surface area contributed by atoms with E-state index in [-0.39, 0.29) is 10.8 Å². The summed E-state index contributed by atoms with van der Waals surface area (Å²) in [5.74, 6) is 1.16. The first kappa shape index (κ1) is 17.5. The lowest BCUT2D eigenvalue weighted by Crippen LogP contribution is -2.33. The predicted octanol–water partition coefficient (Wildman–Crippen LogP) is 3.49. The summed E-state index contributed by atoms with van der Waals surface area (Å²) in [6.45, 7) is 20.5. The van der Waals surface area contributed by atoms with Crippen molar-refractivity contribution in [2.75, 3.05) is 0 Å². The quantitative estimate of drug-likeness (QED) is 0.760. The summed E-state index contributed by atoms with van der Waals surface area (Å²) in [7, 11) is -0.541. The Hall–Kier alpha value is -0.546. The zero-order valence-electron chi connectivity index (χ0n) is 15.1. The first-order chi connectivity index (χ1) is 8.72. The van der Waals surface area contributed by atoms with Crippen LogP contribution in [0.25, 0.3) is 0 Å². The van der Waals surface area contributed by atoms with E-state index in [1.807, 2.05) is 0 Å². The fraction of sp³-hybridized carbons (Fsp3) is 0.647. The largest absolute Gasteiger partial charge is 0.544 e. The molecule has 0 unspecified atom stereocenters. The van der Waals surface area contributed by atoms with E-state index in [1.54, 1.807) is 0 Å². The Kier molecular flexibility index (Phi) is 4.67. The van der Waals surface area contributed by atoms with E-state index < -0.39 is 8.32 Å². The van der Waals surface area contributed by atoms with Crippen LogP contribution in [0, 0.1) is 0 Å². The Morgan fingerprint density at radius 1 is 0.850 bits per heavy atom. The summed E-state index contributed by atoms with van der Waals surface area (Å²) in [6, 6.07) is 4.72. The van der Waals surface area contributed by atoms with Crippen LogP contribution in [0.3, 0.4) is 0 Å². The van der Waals surface area contributed by atoms with E-state index >= 15 is 0 Å². The Morgan fingerprint density at radius 3 is 1.45 bits per heavy atom. The van der Waals surface area contributed by atoms with Gasteiger partial charge in [0.05, 0.1) is 0 Å². The second kappa shape index (κ2) is 5.34. The van der Waals surface area contributed by atoms with E-state index in [4.69, 9.17) is 4.43 Å². The van der Waals surface area contributed by atoms with Crippen LogP contribution in [0.2, 0.25) is 19.6 Å². The molecule has 0 radical (unpaired) electrons. The average molecular weight is 309 g/mol. The van der Waals surface area contributed by atoms with Crippen molar-refractivity contribution in [2.24, 2.45) is 0 Å². The molecular weight excluding hydrogens is 276 g/mol. The minimum absolute atomic E-state index is 0.120. The fourth-order valence-corrected chi connectivity index (χ4v) is 3.71. The number of hydrogen-bond acceptors (Lipinski definition) is 1. The topological polar surface area (TPSA) is 9.23 Å². The van der Waals surface area contributed by atoms with Crippen molar-refractivity contribution in [3.05, 3.63) is 23.3 Å². The Bertz CT molecular complexity index is 450. The lowest BCUT2D eigenvalue weighted by Gasteiger charge is -2.33. The van der Waals surface area contributed by atoms with Crippen molar-refractivity contribution < 1.29 is 4.43 Å². The molecule has 0 aliphatic rings. The highest BCUT2D eigenvalue weighted by molar-refractivity contribution is 6.70. The molecule has 0 heterocycles. The maximum Gasteiger partial charge on any atom is 0.242 e. The van der Waals surface area contributed by atoms with Crippen molar-refractivity contribution in [1.82, 2.24) is 0 Å². The molecule has 0 bridgehead atoms. The van der Waals surface area contributed by atoms with Gasteiger partial charge in [-0.05, 0) is 41.6 Å². The van der Waals surface area contributed by atoms with Gasteiger partial charge in [0.1, 0.15) is 5.75 Å². The highest BCUT2D eigenvalue weighted by atomic mass is 28.4. The van der Waals surface area contributed by atoms with Crippen LogP contribution < -0.4 is 9.61 Å². The van der Waals surface area contributed by atoms with Crippen molar-refractivity contribution in [3.8, 4) is 5.75 Å². The first-order valence-electron chi connectivity index (χ1n) is 7.56. The summed E-state index contributed by atoms with van der Waals surface area (Å²) in [4.78, 5) is 0. The monoisotopic (exact) mass is 308 g/mol. The molecule has 20 heavy (non-hydrogen) atoms.